The molecule has 1 aliphatic carbocycles. The van der Waals surface area contributed by atoms with Crippen LogP contribution in [0.3, 0.4) is 0 Å². The predicted molar refractivity (Wildman–Crippen MR) is 96.7 cm³/mol. The van der Waals surface area contributed by atoms with Crippen LogP contribution in [0.2, 0.25) is 0 Å². The normalized spacial score (nSPS) is 17.6. The molecule has 0 aliphatic heterocycles. The summed E-state index contributed by atoms with van der Waals surface area (Å²) in [5.41, 5.74) is 3.13. The van der Waals surface area contributed by atoms with E-state index in [1.54, 1.807) is 23.1 Å². The largest absolute Gasteiger partial charge is 0.351 e. The summed E-state index contributed by atoms with van der Waals surface area (Å²) in [4.78, 5) is 16.2. The van der Waals surface area contributed by atoms with Crippen LogP contribution >= 0.6 is 0 Å². The number of nitrogens with one attached hydrogen (secondary N) is 2. The lowest BCUT2D eigenvalue weighted by atomic mass is 9.92. The number of alkyl halides is 2. The number of anilines is 1. The molecule has 138 valence electrons. The van der Waals surface area contributed by atoms with Gasteiger partial charge < -0.3 is 10.3 Å². The van der Waals surface area contributed by atoms with E-state index in [1.807, 2.05) is 18.3 Å². The molecular weight excluding hydrogens is 352 g/mol. The van der Waals surface area contributed by atoms with Crippen molar-refractivity contribution >= 4 is 22.6 Å². The maximum absolute atomic E-state index is 13.3. The molecule has 0 atom stereocenters. The first kappa shape index (κ1) is 16.1. The lowest BCUT2D eigenvalue weighted by Crippen LogP contribution is -2.32. The molecule has 1 fully saturated rings. The van der Waals surface area contributed by atoms with Crippen LogP contribution in [0, 0.1) is 0 Å². The smallest absolute Gasteiger partial charge is 0.248 e. The molecule has 27 heavy (non-hydrogen) atoms. The molecule has 2 N–H and O–H groups in total. The quantitative estimate of drug-likeness (QED) is 0.576. The minimum atomic E-state index is -2.54. The van der Waals surface area contributed by atoms with Gasteiger partial charge in [0, 0.05) is 54.6 Å². The fourth-order valence-corrected chi connectivity index (χ4v) is 3.51. The van der Waals surface area contributed by atoms with Gasteiger partial charge in [-0.1, -0.05) is 0 Å². The second-order valence-corrected chi connectivity index (χ2v) is 6.88. The lowest BCUT2D eigenvalue weighted by Gasteiger charge is -2.28. The first-order chi connectivity index (χ1) is 13.1. The molecule has 0 radical (unpaired) electrons. The van der Waals surface area contributed by atoms with Gasteiger partial charge in [-0.25, -0.2) is 23.3 Å². The van der Waals surface area contributed by atoms with Crippen molar-refractivity contribution in [2.24, 2.45) is 0 Å². The predicted octanol–water partition coefficient (Wildman–Crippen LogP) is 3.66. The number of hydrogen-bond acceptors (Lipinski definition) is 5. The van der Waals surface area contributed by atoms with Gasteiger partial charge in [0.1, 0.15) is 5.65 Å². The topological polar surface area (TPSA) is 83.8 Å². The fourth-order valence-electron chi connectivity index (χ4n) is 3.51. The molecule has 4 heterocycles. The fraction of sp³-hybridized carbons (Fsp3) is 0.333. The van der Waals surface area contributed by atoms with Crippen LogP contribution < -0.4 is 5.32 Å². The number of fused-ring (bicyclic) bond motifs is 2. The molecule has 0 spiro atoms. The third kappa shape index (κ3) is 2.98. The van der Waals surface area contributed by atoms with Crippen molar-refractivity contribution in [3.05, 3.63) is 36.9 Å². The number of halogens is 2. The average Bonchev–Trinajstić information content (AvgIpc) is 3.29. The highest BCUT2D eigenvalue weighted by molar-refractivity contribution is 5.92. The molecule has 9 heteroatoms. The Bertz CT molecular complexity index is 1110. The van der Waals surface area contributed by atoms with Crippen LogP contribution in [0.15, 0.2) is 36.9 Å². The summed E-state index contributed by atoms with van der Waals surface area (Å²) in [7, 11) is 0. The zero-order chi connectivity index (χ0) is 18.4. The van der Waals surface area contributed by atoms with Crippen molar-refractivity contribution in [3.8, 4) is 11.3 Å². The summed E-state index contributed by atoms with van der Waals surface area (Å²) in [5, 5.41) is 8.58. The highest BCUT2D eigenvalue weighted by atomic mass is 19.3. The van der Waals surface area contributed by atoms with Crippen molar-refractivity contribution in [1.29, 1.82) is 0 Å². The molecule has 4 aromatic heterocycles. The van der Waals surface area contributed by atoms with Gasteiger partial charge in [0.2, 0.25) is 11.9 Å². The van der Waals surface area contributed by atoms with Gasteiger partial charge in [0.05, 0.1) is 5.69 Å². The Morgan fingerprint density at radius 1 is 1.19 bits per heavy atom. The van der Waals surface area contributed by atoms with E-state index in [4.69, 9.17) is 0 Å². The Morgan fingerprint density at radius 3 is 2.89 bits per heavy atom. The van der Waals surface area contributed by atoms with E-state index in [2.05, 4.69) is 30.4 Å². The third-order valence-corrected chi connectivity index (χ3v) is 5.01. The van der Waals surface area contributed by atoms with Crippen LogP contribution in [0.4, 0.5) is 14.7 Å². The molecule has 0 aromatic carbocycles. The van der Waals surface area contributed by atoms with Gasteiger partial charge in [-0.3, -0.25) is 0 Å². The average molecular weight is 369 g/mol. The maximum Gasteiger partial charge on any atom is 0.248 e. The molecule has 7 nitrogen and oxygen atoms in total. The summed E-state index contributed by atoms with van der Waals surface area (Å²) < 4.78 is 28.3. The highest BCUT2D eigenvalue weighted by Gasteiger charge is 2.35. The Labute approximate surface area is 152 Å². The van der Waals surface area contributed by atoms with E-state index < -0.39 is 5.92 Å². The summed E-state index contributed by atoms with van der Waals surface area (Å²) in [6.45, 7) is 0. The second-order valence-electron chi connectivity index (χ2n) is 6.88. The van der Waals surface area contributed by atoms with Crippen LogP contribution in [0.25, 0.3) is 27.9 Å². The van der Waals surface area contributed by atoms with E-state index >= 15 is 0 Å². The zero-order valence-electron chi connectivity index (χ0n) is 14.4. The molecule has 0 bridgehead atoms. The summed E-state index contributed by atoms with van der Waals surface area (Å²) in [5.74, 6) is -2.09. The van der Waals surface area contributed by atoms with Crippen LogP contribution in [-0.4, -0.2) is 41.5 Å². The maximum atomic E-state index is 13.3. The van der Waals surface area contributed by atoms with Crippen molar-refractivity contribution in [1.82, 2.24) is 29.5 Å². The van der Waals surface area contributed by atoms with E-state index in [-0.39, 0.29) is 18.9 Å². The lowest BCUT2D eigenvalue weighted by molar-refractivity contribution is -0.0361. The first-order valence-corrected chi connectivity index (χ1v) is 8.87. The SMILES string of the molecule is FC1(F)CCC(Nc2ncc3c(-c4ccc5nccn5n4)c[nH]c3n2)CC1. The van der Waals surface area contributed by atoms with Gasteiger partial charge in [0.15, 0.2) is 5.65 Å². The van der Waals surface area contributed by atoms with E-state index in [9.17, 15) is 8.78 Å². The standard InChI is InChI=1S/C18H17F2N7/c19-18(20)5-3-11(4-6-18)24-17-23-10-13-12(9-22-16(13)25-17)14-1-2-15-21-7-8-27(15)26-14/h1-2,7-11H,3-6H2,(H2,22,23,24,25). The van der Waals surface area contributed by atoms with Gasteiger partial charge in [-0.2, -0.15) is 10.1 Å². The number of hydrogen-bond donors (Lipinski definition) is 2. The number of rotatable bonds is 3. The molecule has 0 unspecified atom stereocenters. The minimum Gasteiger partial charge on any atom is -0.351 e. The van der Waals surface area contributed by atoms with E-state index in [1.165, 1.54) is 0 Å². The number of nitrogens with zero attached hydrogens (tertiary/aromatic N) is 5. The zero-order valence-corrected chi connectivity index (χ0v) is 14.4. The second kappa shape index (κ2) is 5.97. The van der Waals surface area contributed by atoms with Crippen molar-refractivity contribution in [3.63, 3.8) is 0 Å². The summed E-state index contributed by atoms with van der Waals surface area (Å²) in [6, 6.07) is 3.78. The Balaban J connectivity index is 1.41. The molecule has 4 aromatic rings. The van der Waals surface area contributed by atoms with E-state index in [0.717, 1.165) is 22.3 Å². The number of aromatic nitrogens is 6. The Morgan fingerprint density at radius 2 is 2.04 bits per heavy atom. The number of imidazole rings is 1. The third-order valence-electron chi connectivity index (χ3n) is 5.01. The van der Waals surface area contributed by atoms with Crippen LogP contribution in [0.5, 0.6) is 0 Å². The monoisotopic (exact) mass is 369 g/mol. The summed E-state index contributed by atoms with van der Waals surface area (Å²) in [6.07, 6.45) is 7.70. The minimum absolute atomic E-state index is 0.0261. The highest BCUT2D eigenvalue weighted by Crippen LogP contribution is 2.34. The van der Waals surface area contributed by atoms with Crippen molar-refractivity contribution in [2.45, 2.75) is 37.6 Å². The molecule has 0 saturated heterocycles. The van der Waals surface area contributed by atoms with Gasteiger partial charge in [-0.05, 0) is 25.0 Å². The molecule has 1 aliphatic rings. The molecule has 1 saturated carbocycles. The molecule has 5 rings (SSSR count). The Hall–Kier alpha value is -3.10. The number of aromatic amines is 1. The van der Waals surface area contributed by atoms with Crippen LogP contribution in [0.1, 0.15) is 25.7 Å². The first-order valence-electron chi connectivity index (χ1n) is 8.87. The van der Waals surface area contributed by atoms with Gasteiger partial charge in [-0.15, -0.1) is 0 Å². The van der Waals surface area contributed by atoms with Crippen molar-refractivity contribution in [2.75, 3.05) is 5.32 Å². The molecule has 0 amide bonds. The Kier molecular flexibility index (Phi) is 3.56. The van der Waals surface area contributed by atoms with Gasteiger partial charge >= 0.3 is 0 Å². The molecular formula is C18H17F2N7. The van der Waals surface area contributed by atoms with E-state index in [0.29, 0.717) is 24.4 Å². The number of H-pyrrole nitrogens is 1. The summed E-state index contributed by atoms with van der Waals surface area (Å²) >= 11 is 0. The van der Waals surface area contributed by atoms with Crippen molar-refractivity contribution < 1.29 is 8.78 Å². The van der Waals surface area contributed by atoms with Crippen LogP contribution in [-0.2, 0) is 0 Å². The van der Waals surface area contributed by atoms with Gasteiger partial charge in [0.25, 0.3) is 0 Å².